The van der Waals surface area contributed by atoms with Crippen LogP contribution >= 0.6 is 23.2 Å². The third kappa shape index (κ3) is 9.94. The smallest absolute Gasteiger partial charge is 0.264 e. The Hall–Kier alpha value is -4.83. The molecule has 5 rings (SSSR count). The molecule has 0 saturated heterocycles. The van der Waals surface area contributed by atoms with Crippen LogP contribution in [-0.4, -0.2) is 44.3 Å². The second kappa shape index (κ2) is 18.1. The minimum atomic E-state index is -4.29. The molecule has 0 heterocycles. The fourth-order valence-corrected chi connectivity index (χ4v) is 7.52. The van der Waals surface area contributed by atoms with Crippen LogP contribution in [0.1, 0.15) is 36.5 Å². The number of carbonyl (C=O) groups excluding carboxylic acids is 2. The molecule has 270 valence electrons. The molecule has 0 aliphatic carbocycles. The molecule has 0 aromatic heterocycles. The Labute approximate surface area is 316 Å². The third-order valence-electron chi connectivity index (χ3n) is 8.48. The van der Waals surface area contributed by atoms with Crippen LogP contribution in [0.25, 0.3) is 0 Å². The fourth-order valence-electron chi connectivity index (χ4n) is 5.59. The summed E-state index contributed by atoms with van der Waals surface area (Å²) < 4.78 is 35.8. The molecule has 0 aliphatic rings. The van der Waals surface area contributed by atoms with Gasteiger partial charge in [-0.15, -0.1) is 0 Å². The number of ether oxygens (including phenoxy) is 1. The van der Waals surface area contributed by atoms with Gasteiger partial charge in [-0.1, -0.05) is 109 Å². The van der Waals surface area contributed by atoms with E-state index in [1.54, 1.807) is 54.6 Å². The van der Waals surface area contributed by atoms with Crippen molar-refractivity contribution in [1.29, 1.82) is 0 Å². The third-order valence-corrected chi connectivity index (χ3v) is 11.0. The Morgan fingerprint density at radius 2 is 1.37 bits per heavy atom. The van der Waals surface area contributed by atoms with Gasteiger partial charge in [-0.05, 0) is 79.6 Å². The van der Waals surface area contributed by atoms with Crippen molar-refractivity contribution < 1.29 is 22.7 Å². The molecule has 52 heavy (non-hydrogen) atoms. The van der Waals surface area contributed by atoms with Gasteiger partial charge in [0.2, 0.25) is 11.8 Å². The molecule has 11 heteroatoms. The van der Waals surface area contributed by atoms with Crippen molar-refractivity contribution in [1.82, 2.24) is 10.2 Å². The molecular weight excluding hydrogens is 717 g/mol. The van der Waals surface area contributed by atoms with E-state index in [-0.39, 0.29) is 29.5 Å². The number of unbranched alkanes of at least 4 members (excludes halogenated alkanes) is 1. The van der Waals surface area contributed by atoms with Crippen molar-refractivity contribution in [2.45, 2.75) is 50.6 Å². The van der Waals surface area contributed by atoms with Gasteiger partial charge >= 0.3 is 0 Å². The lowest BCUT2D eigenvalue weighted by Crippen LogP contribution is -2.53. The Morgan fingerprint density at radius 3 is 1.98 bits per heavy atom. The van der Waals surface area contributed by atoms with Gasteiger partial charge in [0, 0.05) is 35.1 Å². The molecule has 5 aromatic carbocycles. The number of benzene rings is 5. The summed E-state index contributed by atoms with van der Waals surface area (Å²) in [6.45, 7) is 3.54. The molecule has 8 nitrogen and oxygen atoms in total. The zero-order chi connectivity index (χ0) is 37.1. The van der Waals surface area contributed by atoms with E-state index in [9.17, 15) is 18.0 Å². The lowest BCUT2D eigenvalue weighted by Gasteiger charge is -2.34. The maximum atomic E-state index is 14.8. The lowest BCUT2D eigenvalue weighted by molar-refractivity contribution is -0.140. The minimum Gasteiger partial charge on any atom is -0.457 e. The average Bonchev–Trinajstić information content (AvgIpc) is 3.14. The van der Waals surface area contributed by atoms with E-state index < -0.39 is 28.5 Å². The summed E-state index contributed by atoms with van der Waals surface area (Å²) in [4.78, 5) is 30.2. The van der Waals surface area contributed by atoms with Gasteiger partial charge in [0.15, 0.2) is 0 Å². The minimum absolute atomic E-state index is 0.00866. The molecule has 0 fully saturated rings. The summed E-state index contributed by atoms with van der Waals surface area (Å²) in [6, 6.07) is 35.4. The van der Waals surface area contributed by atoms with Gasteiger partial charge in [0.05, 0.1) is 10.6 Å². The largest absolute Gasteiger partial charge is 0.457 e. The molecule has 1 unspecified atom stereocenters. The highest BCUT2D eigenvalue weighted by Crippen LogP contribution is 2.31. The Bertz CT molecular complexity index is 2030. The number of nitrogens with zero attached hydrogens (tertiary/aromatic N) is 2. The zero-order valence-corrected chi connectivity index (χ0v) is 31.4. The predicted octanol–water partition coefficient (Wildman–Crippen LogP) is 8.85. The summed E-state index contributed by atoms with van der Waals surface area (Å²) in [5.41, 5.74) is 2.37. The van der Waals surface area contributed by atoms with Crippen molar-refractivity contribution in [3.8, 4) is 11.5 Å². The van der Waals surface area contributed by atoms with Gasteiger partial charge < -0.3 is 15.0 Å². The SMILES string of the molecule is CCCCNC(=O)C(Cc1ccccc1)N(Cc1c(Cl)cccc1Cl)C(=O)CN(c1ccc(Oc2ccccc2)cc1)S(=O)(=O)c1ccc(C)cc1. The first-order valence-electron chi connectivity index (χ1n) is 17.0. The van der Waals surface area contributed by atoms with Crippen molar-refractivity contribution in [2.75, 3.05) is 17.4 Å². The van der Waals surface area contributed by atoms with E-state index in [1.807, 2.05) is 74.5 Å². The van der Waals surface area contributed by atoms with Crippen LogP contribution in [0.5, 0.6) is 11.5 Å². The summed E-state index contributed by atoms with van der Waals surface area (Å²) in [5.74, 6) is 0.104. The Balaban J connectivity index is 1.57. The summed E-state index contributed by atoms with van der Waals surface area (Å²) in [7, 11) is -4.29. The van der Waals surface area contributed by atoms with E-state index in [4.69, 9.17) is 27.9 Å². The number of aryl methyl sites for hydroxylation is 1. The number of rotatable bonds is 16. The average molecular weight is 759 g/mol. The zero-order valence-electron chi connectivity index (χ0n) is 29.0. The van der Waals surface area contributed by atoms with Crippen molar-refractivity contribution in [3.05, 3.63) is 154 Å². The van der Waals surface area contributed by atoms with Crippen molar-refractivity contribution in [2.24, 2.45) is 0 Å². The van der Waals surface area contributed by atoms with Crippen LogP contribution in [0.15, 0.2) is 132 Å². The highest BCUT2D eigenvalue weighted by atomic mass is 35.5. The highest BCUT2D eigenvalue weighted by Gasteiger charge is 2.35. The van der Waals surface area contributed by atoms with E-state index in [2.05, 4.69) is 5.32 Å². The van der Waals surface area contributed by atoms with Gasteiger partial charge in [0.25, 0.3) is 10.0 Å². The number of nitrogens with one attached hydrogen (secondary N) is 1. The summed E-state index contributed by atoms with van der Waals surface area (Å²) in [5, 5.41) is 3.61. The number of hydrogen-bond acceptors (Lipinski definition) is 5. The van der Waals surface area contributed by atoms with E-state index >= 15 is 0 Å². The van der Waals surface area contributed by atoms with Crippen molar-refractivity contribution in [3.63, 3.8) is 0 Å². The summed E-state index contributed by atoms with van der Waals surface area (Å²) >= 11 is 13.2. The van der Waals surface area contributed by atoms with Gasteiger partial charge in [-0.3, -0.25) is 13.9 Å². The molecule has 1 N–H and O–H groups in total. The highest BCUT2D eigenvalue weighted by molar-refractivity contribution is 7.92. The Morgan fingerprint density at radius 1 is 0.769 bits per heavy atom. The number of carbonyl (C=O) groups is 2. The topological polar surface area (TPSA) is 96.0 Å². The second-order valence-corrected chi connectivity index (χ2v) is 15.0. The molecular formula is C41H41Cl2N3O5S. The molecule has 0 aliphatic heterocycles. The number of halogens is 2. The number of sulfonamides is 1. The molecule has 0 radical (unpaired) electrons. The molecule has 5 aromatic rings. The van der Waals surface area contributed by atoms with Crippen LogP contribution in [0.2, 0.25) is 10.0 Å². The number of amides is 2. The Kier molecular flexibility index (Phi) is 13.4. The fraction of sp³-hybridized carbons (Fsp3) is 0.220. The van der Waals surface area contributed by atoms with Crippen LogP contribution in [0.4, 0.5) is 5.69 Å². The molecule has 0 bridgehead atoms. The number of para-hydroxylation sites is 1. The maximum Gasteiger partial charge on any atom is 0.264 e. The van der Waals surface area contributed by atoms with E-state index in [0.717, 1.165) is 28.3 Å². The van der Waals surface area contributed by atoms with Gasteiger partial charge in [-0.2, -0.15) is 0 Å². The molecule has 1 atom stereocenters. The standard InChI is InChI=1S/C41H41Cl2N3O5S/c1-3-4-26-44-41(48)39(27-31-12-7-5-8-13-31)45(28-36-37(42)16-11-17-38(36)43)40(47)29-46(52(49,50)35-24-18-30(2)19-25-35)32-20-22-34(23-21-32)51-33-14-9-6-10-15-33/h5-25,39H,3-4,26-29H2,1-2H3,(H,44,48). The molecule has 0 saturated carbocycles. The van der Waals surface area contributed by atoms with Crippen LogP contribution in [0.3, 0.4) is 0 Å². The van der Waals surface area contributed by atoms with Gasteiger partial charge in [0.1, 0.15) is 24.1 Å². The van der Waals surface area contributed by atoms with Crippen LogP contribution < -0.4 is 14.4 Å². The number of anilines is 1. The first-order chi connectivity index (χ1) is 25.1. The first kappa shape index (κ1) is 38.4. The summed E-state index contributed by atoms with van der Waals surface area (Å²) in [6.07, 6.45) is 1.78. The van der Waals surface area contributed by atoms with E-state index in [1.165, 1.54) is 17.0 Å². The normalized spacial score (nSPS) is 11.8. The first-order valence-corrected chi connectivity index (χ1v) is 19.2. The second-order valence-electron chi connectivity index (χ2n) is 12.3. The van der Waals surface area contributed by atoms with Crippen LogP contribution in [-0.2, 0) is 32.6 Å². The van der Waals surface area contributed by atoms with Crippen molar-refractivity contribution >= 4 is 50.7 Å². The lowest BCUT2D eigenvalue weighted by atomic mass is 10.0. The number of hydrogen-bond donors (Lipinski definition) is 1. The maximum absolute atomic E-state index is 14.8. The quantitative estimate of drug-likeness (QED) is 0.102. The van der Waals surface area contributed by atoms with Gasteiger partial charge in [-0.25, -0.2) is 8.42 Å². The monoisotopic (exact) mass is 757 g/mol. The van der Waals surface area contributed by atoms with Crippen LogP contribution in [0, 0.1) is 6.92 Å². The molecule has 2 amide bonds. The molecule has 0 spiro atoms. The predicted molar refractivity (Wildman–Crippen MR) is 208 cm³/mol. The van der Waals surface area contributed by atoms with E-state index in [0.29, 0.717) is 33.7 Å².